The molecule has 2 N–H and O–H groups in total. The Morgan fingerprint density at radius 2 is 2.19 bits per heavy atom. The van der Waals surface area contributed by atoms with Crippen molar-refractivity contribution in [3.63, 3.8) is 0 Å². The molecule has 0 atom stereocenters. The summed E-state index contributed by atoms with van der Waals surface area (Å²) in [6.07, 6.45) is 0. The summed E-state index contributed by atoms with van der Waals surface area (Å²) in [7, 11) is -3.59. The number of nitrogen functional groups attached to an aromatic ring is 1. The monoisotopic (exact) mass is 262 g/mol. The molecule has 0 aromatic carbocycles. The molecule has 0 aliphatic rings. The average molecular weight is 262 g/mol. The maximum Gasteiger partial charge on any atom is 0.272 e. The highest BCUT2D eigenvalue weighted by Crippen LogP contribution is 2.21. The van der Waals surface area contributed by atoms with E-state index in [1.807, 2.05) is 0 Å². The minimum Gasteiger partial charge on any atom is -0.374 e. The third-order valence-electron chi connectivity index (χ3n) is 1.78. The predicted octanol–water partition coefficient (Wildman–Crippen LogP) is 0.707. The molecule has 0 unspecified atom stereocenters. The predicted molar refractivity (Wildman–Crippen MR) is 63.6 cm³/mol. The number of rotatable bonds is 5. The highest BCUT2D eigenvalue weighted by molar-refractivity contribution is 7.91. The Morgan fingerprint density at radius 3 is 2.56 bits per heavy atom. The van der Waals surface area contributed by atoms with Crippen LogP contribution in [0.4, 0.5) is 5.13 Å². The van der Waals surface area contributed by atoms with Crippen molar-refractivity contribution in [3.05, 3.63) is 12.2 Å². The highest BCUT2D eigenvalue weighted by atomic mass is 32.2. The van der Waals surface area contributed by atoms with Gasteiger partial charge in [-0.3, -0.25) is 0 Å². The third kappa shape index (κ3) is 2.77. The lowest BCUT2D eigenvalue weighted by Crippen LogP contribution is -2.32. The van der Waals surface area contributed by atoms with E-state index in [4.69, 9.17) is 5.73 Å². The largest absolute Gasteiger partial charge is 0.374 e. The van der Waals surface area contributed by atoms with Gasteiger partial charge in [-0.15, -0.1) is 10.2 Å². The van der Waals surface area contributed by atoms with Crippen LogP contribution in [0.15, 0.2) is 16.5 Å². The minimum atomic E-state index is -3.59. The summed E-state index contributed by atoms with van der Waals surface area (Å²) in [5.74, 6) is 0. The Bertz CT molecular complexity index is 480. The third-order valence-corrected chi connectivity index (χ3v) is 4.80. The van der Waals surface area contributed by atoms with Crippen LogP contribution in [0.2, 0.25) is 0 Å². The van der Waals surface area contributed by atoms with Gasteiger partial charge in [-0.05, 0) is 6.92 Å². The Kier molecular flexibility index (Phi) is 4.00. The average Bonchev–Trinajstić information content (AvgIpc) is 2.61. The summed E-state index contributed by atoms with van der Waals surface area (Å²) in [5, 5.41) is 7.19. The van der Waals surface area contributed by atoms with E-state index in [0.717, 1.165) is 16.9 Å². The van der Waals surface area contributed by atoms with Crippen molar-refractivity contribution in [1.29, 1.82) is 0 Å². The van der Waals surface area contributed by atoms with Crippen LogP contribution in [0.25, 0.3) is 0 Å². The van der Waals surface area contributed by atoms with Crippen LogP contribution in [-0.2, 0) is 10.0 Å². The highest BCUT2D eigenvalue weighted by Gasteiger charge is 2.26. The van der Waals surface area contributed by atoms with E-state index >= 15 is 0 Å². The summed E-state index contributed by atoms with van der Waals surface area (Å²) in [5.41, 5.74) is 6.13. The summed E-state index contributed by atoms with van der Waals surface area (Å²) in [4.78, 5) is 0. The van der Waals surface area contributed by atoms with E-state index < -0.39 is 10.0 Å². The van der Waals surface area contributed by atoms with E-state index in [2.05, 4.69) is 16.8 Å². The van der Waals surface area contributed by atoms with Gasteiger partial charge in [0.15, 0.2) is 0 Å². The lowest BCUT2D eigenvalue weighted by Gasteiger charge is -2.18. The molecule has 0 amide bonds. The van der Waals surface area contributed by atoms with Crippen LogP contribution >= 0.6 is 11.3 Å². The first-order valence-corrected chi connectivity index (χ1v) is 6.87. The number of likely N-dealkylation sites (N-methyl/N-ethyl adjacent to an activating group) is 1. The van der Waals surface area contributed by atoms with E-state index in [0.29, 0.717) is 6.54 Å². The molecular weight excluding hydrogens is 248 g/mol. The molecule has 0 fully saturated rings. The minimum absolute atomic E-state index is 0.0758. The Labute approximate surface area is 98.8 Å². The number of aromatic nitrogens is 2. The van der Waals surface area contributed by atoms with Gasteiger partial charge >= 0.3 is 0 Å². The van der Waals surface area contributed by atoms with E-state index in [1.165, 1.54) is 4.31 Å². The molecule has 1 aromatic rings. The lowest BCUT2D eigenvalue weighted by atomic mass is 10.3. The number of nitrogens with zero attached hydrogens (tertiary/aromatic N) is 3. The standard InChI is InChI=1S/C8H14N4O2S2/c1-4-12(5-6(2)3)16(13,14)8-11-10-7(9)15-8/h2,4-5H2,1,3H3,(H2,9,10). The first-order valence-electron chi connectivity index (χ1n) is 4.61. The smallest absolute Gasteiger partial charge is 0.272 e. The van der Waals surface area contributed by atoms with Crippen LogP contribution < -0.4 is 5.73 Å². The van der Waals surface area contributed by atoms with Crippen molar-refractivity contribution in [2.75, 3.05) is 18.8 Å². The van der Waals surface area contributed by atoms with Gasteiger partial charge in [0.2, 0.25) is 9.47 Å². The topological polar surface area (TPSA) is 89.2 Å². The SMILES string of the molecule is C=C(C)CN(CC)S(=O)(=O)c1nnc(N)s1. The fourth-order valence-corrected chi connectivity index (χ4v) is 3.53. The Balaban J connectivity index is 3.04. The van der Waals surface area contributed by atoms with Gasteiger partial charge < -0.3 is 5.73 Å². The van der Waals surface area contributed by atoms with Crippen molar-refractivity contribution in [1.82, 2.24) is 14.5 Å². The first-order chi connectivity index (χ1) is 7.37. The molecule has 0 saturated carbocycles. The Morgan fingerprint density at radius 1 is 1.56 bits per heavy atom. The van der Waals surface area contributed by atoms with Gasteiger partial charge in [0.05, 0.1) is 0 Å². The molecule has 0 aliphatic heterocycles. The van der Waals surface area contributed by atoms with Gasteiger partial charge in [0.1, 0.15) is 0 Å². The van der Waals surface area contributed by atoms with Gasteiger partial charge in [-0.1, -0.05) is 30.4 Å². The second kappa shape index (κ2) is 4.89. The zero-order chi connectivity index (χ0) is 12.3. The van der Waals surface area contributed by atoms with Gasteiger partial charge in [0.25, 0.3) is 10.0 Å². The summed E-state index contributed by atoms with van der Waals surface area (Å²) in [6, 6.07) is 0. The van der Waals surface area contributed by atoms with Crippen LogP contribution in [0.3, 0.4) is 0 Å². The summed E-state index contributed by atoms with van der Waals surface area (Å²) in [6.45, 7) is 7.85. The van der Waals surface area contributed by atoms with Crippen LogP contribution in [0.5, 0.6) is 0 Å². The molecule has 6 nitrogen and oxygen atoms in total. The van der Waals surface area contributed by atoms with Gasteiger partial charge in [-0.2, -0.15) is 4.31 Å². The molecule has 1 heterocycles. The van der Waals surface area contributed by atoms with Gasteiger partial charge in [-0.25, -0.2) is 8.42 Å². The number of nitrogens with two attached hydrogens (primary N) is 1. The first kappa shape index (κ1) is 13.1. The second-order valence-corrected chi connectivity index (χ2v) is 6.42. The molecule has 16 heavy (non-hydrogen) atoms. The van der Waals surface area contributed by atoms with Crippen molar-refractivity contribution in [2.45, 2.75) is 18.2 Å². The summed E-state index contributed by atoms with van der Waals surface area (Å²) >= 11 is 0.862. The molecule has 90 valence electrons. The fourth-order valence-electron chi connectivity index (χ4n) is 1.10. The molecule has 0 aliphatic carbocycles. The van der Waals surface area contributed by atoms with Crippen molar-refractivity contribution < 1.29 is 8.42 Å². The van der Waals surface area contributed by atoms with E-state index in [1.54, 1.807) is 13.8 Å². The van der Waals surface area contributed by atoms with E-state index in [9.17, 15) is 8.42 Å². The van der Waals surface area contributed by atoms with E-state index in [-0.39, 0.29) is 16.0 Å². The molecule has 0 bridgehead atoms. The molecule has 8 heteroatoms. The van der Waals surface area contributed by atoms with Crippen LogP contribution in [0.1, 0.15) is 13.8 Å². The molecule has 1 rings (SSSR count). The van der Waals surface area contributed by atoms with Crippen molar-refractivity contribution >= 4 is 26.5 Å². The summed E-state index contributed by atoms with van der Waals surface area (Å²) < 4.78 is 25.3. The number of hydrogen-bond donors (Lipinski definition) is 1. The second-order valence-electron chi connectivity index (χ2n) is 3.29. The van der Waals surface area contributed by atoms with Crippen molar-refractivity contribution in [2.24, 2.45) is 0 Å². The number of hydrogen-bond acceptors (Lipinski definition) is 6. The number of anilines is 1. The van der Waals surface area contributed by atoms with Crippen LogP contribution in [0, 0.1) is 0 Å². The molecular formula is C8H14N4O2S2. The zero-order valence-corrected chi connectivity index (χ0v) is 10.8. The molecule has 1 aromatic heterocycles. The maximum atomic E-state index is 12.0. The van der Waals surface area contributed by atoms with Gasteiger partial charge in [0, 0.05) is 13.1 Å². The lowest BCUT2D eigenvalue weighted by molar-refractivity contribution is 0.452. The normalized spacial score (nSPS) is 11.9. The zero-order valence-electron chi connectivity index (χ0n) is 9.17. The quantitative estimate of drug-likeness (QED) is 0.789. The molecule has 0 spiro atoms. The molecule has 0 radical (unpaired) electrons. The van der Waals surface area contributed by atoms with Crippen LogP contribution in [-0.4, -0.2) is 36.0 Å². The number of sulfonamides is 1. The van der Waals surface area contributed by atoms with Crippen molar-refractivity contribution in [3.8, 4) is 0 Å². The fraction of sp³-hybridized carbons (Fsp3) is 0.500. The Hall–Kier alpha value is -0.990. The molecule has 0 saturated heterocycles. The maximum absolute atomic E-state index is 12.0.